The van der Waals surface area contributed by atoms with E-state index in [-0.39, 0.29) is 29.3 Å². The molecule has 1 aliphatic carbocycles. The molecule has 0 amide bonds. The fourth-order valence-corrected chi connectivity index (χ4v) is 1.89. The lowest BCUT2D eigenvalue weighted by Crippen LogP contribution is -2.40. The first kappa shape index (κ1) is 13.2. The summed E-state index contributed by atoms with van der Waals surface area (Å²) in [6.07, 6.45) is 1.57. The molecule has 2 rings (SSSR count). The second-order valence-corrected chi connectivity index (χ2v) is 4.30. The number of anilines is 1. The number of hydrogen-bond donors (Lipinski definition) is 2. The highest BCUT2D eigenvalue weighted by atomic mass is 16.6. The van der Waals surface area contributed by atoms with E-state index in [0.717, 1.165) is 12.1 Å². The summed E-state index contributed by atoms with van der Waals surface area (Å²) in [5, 5.41) is 22.6. The summed E-state index contributed by atoms with van der Waals surface area (Å²) < 4.78 is 5.11. The average Bonchev–Trinajstić information content (AvgIpc) is 2.32. The number of rotatable bonds is 5. The lowest BCUT2D eigenvalue weighted by Gasteiger charge is -2.34. The fourth-order valence-electron chi connectivity index (χ4n) is 1.89. The van der Waals surface area contributed by atoms with E-state index < -0.39 is 10.9 Å². The molecule has 8 heteroatoms. The van der Waals surface area contributed by atoms with Gasteiger partial charge in [-0.25, -0.2) is 9.78 Å². The average molecular weight is 267 g/mol. The predicted molar refractivity (Wildman–Crippen MR) is 65.3 cm³/mol. The molecule has 1 fully saturated rings. The Bertz CT molecular complexity index is 513. The summed E-state index contributed by atoms with van der Waals surface area (Å²) in [5.41, 5.74) is -0.457. The molecule has 0 aromatic carbocycles. The second-order valence-electron chi connectivity index (χ2n) is 4.30. The van der Waals surface area contributed by atoms with Crippen LogP contribution in [0.15, 0.2) is 12.1 Å². The summed E-state index contributed by atoms with van der Waals surface area (Å²) in [6, 6.07) is 2.27. The van der Waals surface area contributed by atoms with E-state index >= 15 is 0 Å². The van der Waals surface area contributed by atoms with E-state index in [0.29, 0.717) is 12.8 Å². The van der Waals surface area contributed by atoms with Crippen molar-refractivity contribution in [3.8, 4) is 0 Å². The molecule has 0 bridgehead atoms. The third-order valence-corrected chi connectivity index (χ3v) is 3.06. The molecule has 0 unspecified atom stereocenters. The molecule has 8 nitrogen and oxygen atoms in total. The van der Waals surface area contributed by atoms with Crippen LogP contribution in [-0.4, -0.2) is 40.2 Å². The van der Waals surface area contributed by atoms with Crippen molar-refractivity contribution in [1.29, 1.82) is 0 Å². The zero-order valence-electron chi connectivity index (χ0n) is 10.2. The van der Waals surface area contributed by atoms with Gasteiger partial charge in [0.05, 0.1) is 11.0 Å². The van der Waals surface area contributed by atoms with Crippen molar-refractivity contribution in [2.45, 2.75) is 25.0 Å². The number of carboxylic acids is 1. The third kappa shape index (κ3) is 2.79. The first-order chi connectivity index (χ1) is 9.01. The van der Waals surface area contributed by atoms with Gasteiger partial charge in [-0.1, -0.05) is 0 Å². The summed E-state index contributed by atoms with van der Waals surface area (Å²) in [5.74, 6) is -1.23. The normalized spacial score (nSPS) is 21.5. The van der Waals surface area contributed by atoms with E-state index in [1.54, 1.807) is 7.11 Å². The molecule has 1 saturated carbocycles. The molecule has 0 spiro atoms. The van der Waals surface area contributed by atoms with Crippen LogP contribution in [0.2, 0.25) is 0 Å². The van der Waals surface area contributed by atoms with E-state index in [9.17, 15) is 14.9 Å². The number of carboxylic acid groups (broad SMARTS) is 1. The number of aromatic nitrogens is 1. The molecule has 0 atom stereocenters. The van der Waals surface area contributed by atoms with Crippen molar-refractivity contribution < 1.29 is 19.6 Å². The van der Waals surface area contributed by atoms with Gasteiger partial charge in [0.2, 0.25) is 5.82 Å². The van der Waals surface area contributed by atoms with Crippen LogP contribution in [0.25, 0.3) is 0 Å². The largest absolute Gasteiger partial charge is 0.477 e. The molecule has 0 aliphatic heterocycles. The minimum Gasteiger partial charge on any atom is -0.477 e. The third-order valence-electron chi connectivity index (χ3n) is 3.06. The molecule has 102 valence electrons. The highest BCUT2D eigenvalue weighted by Gasteiger charge is 2.31. The first-order valence-corrected chi connectivity index (χ1v) is 5.69. The van der Waals surface area contributed by atoms with Crippen LogP contribution in [0.4, 0.5) is 11.5 Å². The van der Waals surface area contributed by atoms with Crippen molar-refractivity contribution in [1.82, 2.24) is 4.98 Å². The monoisotopic (exact) mass is 267 g/mol. The van der Waals surface area contributed by atoms with Crippen LogP contribution >= 0.6 is 0 Å². The zero-order chi connectivity index (χ0) is 14.0. The van der Waals surface area contributed by atoms with Gasteiger partial charge in [-0.05, 0) is 18.9 Å². The number of ether oxygens (including phenoxy) is 1. The van der Waals surface area contributed by atoms with Crippen LogP contribution in [0.3, 0.4) is 0 Å². The van der Waals surface area contributed by atoms with E-state index in [4.69, 9.17) is 9.84 Å². The lowest BCUT2D eigenvalue weighted by atomic mass is 9.89. The standard InChI is InChI=1S/C11H13N3O5/c1-19-7-4-6(5-7)12-10-9(14(17)18)3-2-8(13-10)11(15)16/h2-3,6-7H,4-5H2,1H3,(H,12,13)(H,15,16). The molecule has 1 aliphatic rings. The minimum absolute atomic E-state index is 0.00977. The Morgan fingerprint density at radius 1 is 1.58 bits per heavy atom. The van der Waals surface area contributed by atoms with Crippen LogP contribution in [-0.2, 0) is 4.74 Å². The van der Waals surface area contributed by atoms with Crippen LogP contribution in [0.5, 0.6) is 0 Å². The molecule has 1 heterocycles. The maximum Gasteiger partial charge on any atom is 0.354 e. The predicted octanol–water partition coefficient (Wildman–Crippen LogP) is 1.28. The summed E-state index contributed by atoms with van der Waals surface area (Å²) >= 11 is 0. The van der Waals surface area contributed by atoms with E-state index in [2.05, 4.69) is 10.3 Å². The smallest absolute Gasteiger partial charge is 0.354 e. The number of hydrogen-bond acceptors (Lipinski definition) is 6. The fraction of sp³-hybridized carbons (Fsp3) is 0.455. The van der Waals surface area contributed by atoms with Gasteiger partial charge in [0.15, 0.2) is 5.69 Å². The Labute approximate surface area is 108 Å². The van der Waals surface area contributed by atoms with Crippen LogP contribution in [0.1, 0.15) is 23.3 Å². The van der Waals surface area contributed by atoms with Crippen molar-refractivity contribution in [3.63, 3.8) is 0 Å². The molecule has 19 heavy (non-hydrogen) atoms. The van der Waals surface area contributed by atoms with Gasteiger partial charge in [0, 0.05) is 19.2 Å². The Morgan fingerprint density at radius 2 is 2.26 bits per heavy atom. The zero-order valence-corrected chi connectivity index (χ0v) is 10.2. The summed E-state index contributed by atoms with van der Waals surface area (Å²) in [4.78, 5) is 24.9. The van der Waals surface area contributed by atoms with Crippen molar-refractivity contribution in [3.05, 3.63) is 27.9 Å². The SMILES string of the molecule is COC1CC(Nc2nc(C(=O)O)ccc2[N+](=O)[O-])C1. The second kappa shape index (κ2) is 5.19. The first-order valence-electron chi connectivity index (χ1n) is 5.69. The topological polar surface area (TPSA) is 115 Å². The quantitative estimate of drug-likeness (QED) is 0.609. The Hall–Kier alpha value is -2.22. The molecular weight excluding hydrogens is 254 g/mol. The van der Waals surface area contributed by atoms with Gasteiger partial charge in [0.25, 0.3) is 0 Å². The van der Waals surface area contributed by atoms with Gasteiger partial charge in [-0.2, -0.15) is 0 Å². The highest BCUT2D eigenvalue weighted by molar-refractivity contribution is 5.86. The van der Waals surface area contributed by atoms with Crippen molar-refractivity contribution in [2.75, 3.05) is 12.4 Å². The van der Waals surface area contributed by atoms with Crippen molar-refractivity contribution >= 4 is 17.5 Å². The lowest BCUT2D eigenvalue weighted by molar-refractivity contribution is -0.384. The van der Waals surface area contributed by atoms with Gasteiger partial charge in [0.1, 0.15) is 0 Å². The maximum absolute atomic E-state index is 10.9. The molecule has 1 aromatic rings. The molecule has 0 saturated heterocycles. The number of aromatic carboxylic acids is 1. The van der Waals surface area contributed by atoms with Gasteiger partial charge in [-0.15, -0.1) is 0 Å². The number of nitrogens with zero attached hydrogens (tertiary/aromatic N) is 2. The summed E-state index contributed by atoms with van der Waals surface area (Å²) in [7, 11) is 1.60. The maximum atomic E-state index is 10.9. The van der Waals surface area contributed by atoms with E-state index in [1.165, 1.54) is 0 Å². The molecular formula is C11H13N3O5. The Kier molecular flexibility index (Phi) is 3.61. The molecule has 2 N–H and O–H groups in total. The van der Waals surface area contributed by atoms with Crippen molar-refractivity contribution in [2.24, 2.45) is 0 Å². The van der Waals surface area contributed by atoms with Gasteiger partial charge in [-0.3, -0.25) is 10.1 Å². The summed E-state index contributed by atoms with van der Waals surface area (Å²) in [6.45, 7) is 0. The number of methoxy groups -OCH3 is 1. The number of nitrogens with one attached hydrogen (secondary N) is 1. The number of pyridine rings is 1. The van der Waals surface area contributed by atoms with Gasteiger partial charge >= 0.3 is 11.7 Å². The highest BCUT2D eigenvalue weighted by Crippen LogP contribution is 2.29. The van der Waals surface area contributed by atoms with Crippen LogP contribution in [0, 0.1) is 10.1 Å². The minimum atomic E-state index is -1.22. The number of nitro groups is 1. The van der Waals surface area contributed by atoms with E-state index in [1.807, 2.05) is 0 Å². The Balaban J connectivity index is 2.18. The Morgan fingerprint density at radius 3 is 2.79 bits per heavy atom. The molecule has 0 radical (unpaired) electrons. The van der Waals surface area contributed by atoms with Gasteiger partial charge < -0.3 is 15.2 Å². The van der Waals surface area contributed by atoms with Crippen LogP contribution < -0.4 is 5.32 Å². The molecule has 1 aromatic heterocycles. The number of carbonyl (C=O) groups is 1.